The first-order valence-electron chi connectivity index (χ1n) is 9.16. The molecule has 0 bridgehead atoms. The Morgan fingerprint density at radius 1 is 1.14 bits per heavy atom. The number of hydrogen-bond donors (Lipinski definition) is 2. The number of hydrogen-bond acceptors (Lipinski definition) is 5. The number of nitrogens with one attached hydrogen (secondary N) is 2. The summed E-state index contributed by atoms with van der Waals surface area (Å²) in [4.78, 5) is 8.66. The first kappa shape index (κ1) is 18.6. The molecule has 0 atom stereocenters. The maximum atomic E-state index is 13.0. The van der Waals surface area contributed by atoms with E-state index in [1.165, 1.54) is 12.1 Å². The highest BCUT2D eigenvalue weighted by atomic mass is 19.1. The van der Waals surface area contributed by atoms with Crippen molar-refractivity contribution >= 4 is 11.6 Å². The molecule has 0 spiro atoms. The van der Waals surface area contributed by atoms with Crippen LogP contribution in [0.15, 0.2) is 64.3 Å². The Kier molecular flexibility index (Phi) is 5.46. The minimum Gasteiger partial charge on any atom is -0.444 e. The third-order valence-electron chi connectivity index (χ3n) is 4.34. The highest BCUT2D eigenvalue weighted by Crippen LogP contribution is 2.18. The Hall–Kier alpha value is -3.75. The van der Waals surface area contributed by atoms with Crippen LogP contribution in [0.2, 0.25) is 0 Å². The molecule has 1 aromatic carbocycles. The summed E-state index contributed by atoms with van der Waals surface area (Å²) in [6.45, 7) is 1.11. The van der Waals surface area contributed by atoms with Crippen LogP contribution in [0.25, 0.3) is 17.1 Å². The fraction of sp³-hybridized carbons (Fsp3) is 0.200. The first-order chi connectivity index (χ1) is 14.2. The molecule has 3 heterocycles. The van der Waals surface area contributed by atoms with Gasteiger partial charge in [-0.25, -0.2) is 9.37 Å². The number of rotatable bonds is 6. The van der Waals surface area contributed by atoms with Gasteiger partial charge in [-0.3, -0.25) is 9.39 Å². The molecule has 0 aliphatic rings. The van der Waals surface area contributed by atoms with Crippen LogP contribution in [0.3, 0.4) is 0 Å². The molecule has 4 rings (SSSR count). The molecule has 4 aromatic rings. The minimum absolute atomic E-state index is 0.289. The Labute approximate surface area is 166 Å². The number of nitrogens with zero attached hydrogens (tertiary/aromatic N) is 5. The van der Waals surface area contributed by atoms with Gasteiger partial charge in [-0.15, -0.1) is 10.2 Å². The molecule has 0 unspecified atom stereocenters. The summed E-state index contributed by atoms with van der Waals surface area (Å²) in [7, 11) is 1.71. The molecule has 9 heteroatoms. The molecule has 0 saturated carbocycles. The first-order valence-corrected chi connectivity index (χ1v) is 9.16. The molecule has 0 amide bonds. The molecule has 0 aliphatic heterocycles. The van der Waals surface area contributed by atoms with E-state index >= 15 is 0 Å². The summed E-state index contributed by atoms with van der Waals surface area (Å²) in [5.74, 6) is 1.63. The second-order valence-electron chi connectivity index (χ2n) is 6.30. The number of aromatic nitrogens is 4. The van der Waals surface area contributed by atoms with Gasteiger partial charge in [-0.2, -0.15) is 0 Å². The standard InChI is InChI=1S/C20H20FN7O/c1-22-20(24-12-18-27-26-17-4-2-3-11-28(17)18)23-10-9-16-13-29-19(25-16)14-5-7-15(21)8-6-14/h2-8,11,13H,9-10,12H2,1H3,(H2,22,23,24). The smallest absolute Gasteiger partial charge is 0.226 e. The zero-order valence-corrected chi connectivity index (χ0v) is 15.8. The summed E-state index contributed by atoms with van der Waals surface area (Å²) in [5, 5.41) is 14.8. The monoisotopic (exact) mass is 393 g/mol. The molecule has 148 valence electrons. The van der Waals surface area contributed by atoms with Crippen LogP contribution in [0, 0.1) is 5.82 Å². The number of pyridine rings is 1. The van der Waals surface area contributed by atoms with Crippen LogP contribution in [0.4, 0.5) is 4.39 Å². The van der Waals surface area contributed by atoms with Crippen molar-refractivity contribution < 1.29 is 8.81 Å². The van der Waals surface area contributed by atoms with E-state index in [1.54, 1.807) is 25.4 Å². The maximum Gasteiger partial charge on any atom is 0.226 e. The van der Waals surface area contributed by atoms with E-state index in [2.05, 4.69) is 30.8 Å². The number of guanidine groups is 1. The average molecular weight is 393 g/mol. The normalized spacial score (nSPS) is 11.7. The summed E-state index contributed by atoms with van der Waals surface area (Å²) < 4.78 is 20.4. The van der Waals surface area contributed by atoms with E-state index in [9.17, 15) is 4.39 Å². The Morgan fingerprint density at radius 2 is 2.00 bits per heavy atom. The molecular weight excluding hydrogens is 373 g/mol. The van der Waals surface area contributed by atoms with Crippen molar-refractivity contribution in [1.82, 2.24) is 30.2 Å². The third-order valence-corrected chi connectivity index (χ3v) is 4.34. The van der Waals surface area contributed by atoms with Gasteiger partial charge in [0.25, 0.3) is 0 Å². The van der Waals surface area contributed by atoms with Gasteiger partial charge in [0.15, 0.2) is 17.4 Å². The lowest BCUT2D eigenvalue weighted by atomic mass is 10.2. The van der Waals surface area contributed by atoms with Crippen LogP contribution < -0.4 is 10.6 Å². The zero-order valence-electron chi connectivity index (χ0n) is 15.8. The Morgan fingerprint density at radius 3 is 2.83 bits per heavy atom. The number of aliphatic imine (C=N–C) groups is 1. The van der Waals surface area contributed by atoms with E-state index in [1.807, 2.05) is 28.8 Å². The van der Waals surface area contributed by atoms with Crippen molar-refractivity contribution in [1.29, 1.82) is 0 Å². The molecule has 0 aliphatic carbocycles. The summed E-state index contributed by atoms with van der Waals surface area (Å²) in [6.07, 6.45) is 4.18. The Bertz CT molecular complexity index is 1120. The van der Waals surface area contributed by atoms with Gasteiger partial charge in [0.05, 0.1) is 12.2 Å². The van der Waals surface area contributed by atoms with E-state index < -0.39 is 0 Å². The Balaban J connectivity index is 1.28. The van der Waals surface area contributed by atoms with Gasteiger partial charge in [0.1, 0.15) is 12.1 Å². The van der Waals surface area contributed by atoms with Crippen LogP contribution in [0.5, 0.6) is 0 Å². The quantitative estimate of drug-likeness (QED) is 0.386. The van der Waals surface area contributed by atoms with Gasteiger partial charge in [0, 0.05) is 31.8 Å². The fourth-order valence-corrected chi connectivity index (χ4v) is 2.85. The van der Waals surface area contributed by atoms with Gasteiger partial charge >= 0.3 is 0 Å². The van der Waals surface area contributed by atoms with Crippen molar-refractivity contribution in [2.24, 2.45) is 4.99 Å². The lowest BCUT2D eigenvalue weighted by Crippen LogP contribution is -2.38. The molecule has 8 nitrogen and oxygen atoms in total. The SMILES string of the molecule is CN=C(NCCc1coc(-c2ccc(F)cc2)n1)NCc1nnc2ccccn12. The van der Waals surface area contributed by atoms with Crippen LogP contribution in [0.1, 0.15) is 11.5 Å². The van der Waals surface area contributed by atoms with Gasteiger partial charge < -0.3 is 15.1 Å². The van der Waals surface area contributed by atoms with Crippen molar-refractivity contribution in [2.45, 2.75) is 13.0 Å². The van der Waals surface area contributed by atoms with Crippen molar-refractivity contribution in [3.05, 3.63) is 72.3 Å². The summed E-state index contributed by atoms with van der Waals surface area (Å²) >= 11 is 0. The van der Waals surface area contributed by atoms with Gasteiger partial charge in [-0.05, 0) is 36.4 Å². The van der Waals surface area contributed by atoms with E-state index in [4.69, 9.17) is 4.42 Å². The lowest BCUT2D eigenvalue weighted by molar-refractivity contribution is 0.571. The molecule has 0 saturated heterocycles. The number of halogens is 1. The maximum absolute atomic E-state index is 13.0. The summed E-state index contributed by atoms with van der Waals surface area (Å²) in [5.41, 5.74) is 2.34. The molecule has 29 heavy (non-hydrogen) atoms. The van der Waals surface area contributed by atoms with Crippen molar-refractivity contribution in [2.75, 3.05) is 13.6 Å². The molecule has 3 aromatic heterocycles. The van der Waals surface area contributed by atoms with Crippen LogP contribution >= 0.6 is 0 Å². The number of benzene rings is 1. The molecule has 2 N–H and O–H groups in total. The number of fused-ring (bicyclic) bond motifs is 1. The number of oxazole rings is 1. The lowest BCUT2D eigenvalue weighted by Gasteiger charge is -2.10. The third kappa shape index (κ3) is 4.40. The minimum atomic E-state index is -0.289. The summed E-state index contributed by atoms with van der Waals surface area (Å²) in [6, 6.07) is 11.8. The second kappa shape index (κ2) is 8.51. The van der Waals surface area contributed by atoms with Crippen LogP contribution in [-0.4, -0.2) is 39.1 Å². The van der Waals surface area contributed by atoms with Gasteiger partial charge in [-0.1, -0.05) is 6.07 Å². The van der Waals surface area contributed by atoms with E-state index in [0.29, 0.717) is 31.4 Å². The predicted octanol–water partition coefficient (Wildman–Crippen LogP) is 2.43. The molecule has 0 fully saturated rings. The zero-order chi connectivity index (χ0) is 20.1. The van der Waals surface area contributed by atoms with E-state index in [-0.39, 0.29) is 5.82 Å². The average Bonchev–Trinajstić information content (AvgIpc) is 3.38. The highest BCUT2D eigenvalue weighted by molar-refractivity contribution is 5.79. The molecule has 0 radical (unpaired) electrons. The van der Waals surface area contributed by atoms with Gasteiger partial charge in [0.2, 0.25) is 5.89 Å². The van der Waals surface area contributed by atoms with E-state index in [0.717, 1.165) is 22.7 Å². The predicted molar refractivity (Wildman–Crippen MR) is 107 cm³/mol. The second-order valence-corrected chi connectivity index (χ2v) is 6.30. The van der Waals surface area contributed by atoms with Crippen LogP contribution in [-0.2, 0) is 13.0 Å². The fourth-order valence-electron chi connectivity index (χ4n) is 2.85. The topological polar surface area (TPSA) is 92.6 Å². The highest BCUT2D eigenvalue weighted by Gasteiger charge is 2.08. The van der Waals surface area contributed by atoms with Crippen molar-refractivity contribution in [3.8, 4) is 11.5 Å². The van der Waals surface area contributed by atoms with Crippen molar-refractivity contribution in [3.63, 3.8) is 0 Å². The molecular formula is C20H20FN7O. The largest absolute Gasteiger partial charge is 0.444 e.